The molecule has 0 unspecified atom stereocenters. The van der Waals surface area contributed by atoms with E-state index in [4.69, 9.17) is 10.5 Å². The van der Waals surface area contributed by atoms with Crippen molar-refractivity contribution in [1.29, 1.82) is 0 Å². The quantitative estimate of drug-likeness (QED) is 0.870. The lowest BCUT2D eigenvalue weighted by atomic mass is 10.2. The smallest absolute Gasteiger partial charge is 0.124 e. The van der Waals surface area contributed by atoms with Gasteiger partial charge in [-0.3, -0.25) is 0 Å². The Hall–Kier alpha value is -1.39. The summed E-state index contributed by atoms with van der Waals surface area (Å²) in [5.41, 5.74) is 8.31. The Bertz CT molecular complexity index is 528. The Balaban J connectivity index is 1.90. The van der Waals surface area contributed by atoms with E-state index in [1.165, 1.54) is 12.1 Å². The predicted octanol–water partition coefficient (Wildman–Crippen LogP) is 3.89. The molecule has 0 aromatic heterocycles. The molecule has 2 rings (SSSR count). The van der Waals surface area contributed by atoms with Crippen LogP contribution in [0, 0.1) is 5.82 Å². The van der Waals surface area contributed by atoms with Crippen LogP contribution < -0.4 is 5.73 Å². The molecule has 0 radical (unpaired) electrons. The number of rotatable bonds is 4. The van der Waals surface area contributed by atoms with Crippen LogP contribution in [0.2, 0.25) is 0 Å². The molecular formula is C14H13BrFNO. The van der Waals surface area contributed by atoms with Gasteiger partial charge in [-0.1, -0.05) is 34.1 Å². The third-order valence-electron chi connectivity index (χ3n) is 2.52. The van der Waals surface area contributed by atoms with Gasteiger partial charge in [0.05, 0.1) is 13.2 Å². The Morgan fingerprint density at radius 3 is 2.44 bits per heavy atom. The molecular weight excluding hydrogens is 297 g/mol. The number of halogens is 2. The summed E-state index contributed by atoms with van der Waals surface area (Å²) in [6.07, 6.45) is 0. The fourth-order valence-electron chi connectivity index (χ4n) is 1.53. The van der Waals surface area contributed by atoms with Gasteiger partial charge in [-0.15, -0.1) is 0 Å². The second kappa shape index (κ2) is 5.98. The van der Waals surface area contributed by atoms with Gasteiger partial charge in [-0.2, -0.15) is 0 Å². The van der Waals surface area contributed by atoms with Crippen LogP contribution in [0.25, 0.3) is 0 Å². The summed E-state index contributed by atoms with van der Waals surface area (Å²) in [6, 6.07) is 12.1. The molecule has 0 bridgehead atoms. The van der Waals surface area contributed by atoms with Crippen molar-refractivity contribution in [3.8, 4) is 0 Å². The van der Waals surface area contributed by atoms with Crippen molar-refractivity contribution < 1.29 is 9.13 Å². The molecule has 0 heterocycles. The molecule has 0 amide bonds. The highest BCUT2D eigenvalue weighted by molar-refractivity contribution is 9.10. The minimum atomic E-state index is -0.260. The van der Waals surface area contributed by atoms with Gasteiger partial charge >= 0.3 is 0 Å². The summed E-state index contributed by atoms with van der Waals surface area (Å²) < 4.78 is 19.2. The van der Waals surface area contributed by atoms with E-state index in [9.17, 15) is 4.39 Å². The molecule has 2 nitrogen and oxygen atoms in total. The van der Waals surface area contributed by atoms with E-state index in [-0.39, 0.29) is 5.82 Å². The predicted molar refractivity (Wildman–Crippen MR) is 73.4 cm³/mol. The van der Waals surface area contributed by atoms with Gasteiger partial charge in [0, 0.05) is 10.2 Å². The minimum Gasteiger partial charge on any atom is -0.399 e. The summed E-state index contributed by atoms with van der Waals surface area (Å²) in [5.74, 6) is -0.260. The van der Waals surface area contributed by atoms with Crippen molar-refractivity contribution in [1.82, 2.24) is 0 Å². The fourth-order valence-corrected chi connectivity index (χ4v) is 2.00. The maximum Gasteiger partial charge on any atom is 0.124 e. The van der Waals surface area contributed by atoms with Crippen molar-refractivity contribution in [3.63, 3.8) is 0 Å². The molecule has 0 aliphatic rings. The molecule has 2 N–H and O–H groups in total. The molecule has 2 aromatic rings. The first-order chi connectivity index (χ1) is 8.65. The summed E-state index contributed by atoms with van der Waals surface area (Å²) in [7, 11) is 0. The van der Waals surface area contributed by atoms with Crippen LogP contribution in [0.15, 0.2) is 46.9 Å². The Labute approximate surface area is 114 Å². The number of anilines is 1. The number of benzene rings is 2. The largest absolute Gasteiger partial charge is 0.399 e. The van der Waals surface area contributed by atoms with Crippen LogP contribution in [0.3, 0.4) is 0 Å². The molecule has 0 aliphatic heterocycles. The topological polar surface area (TPSA) is 35.2 Å². The summed E-state index contributed by atoms with van der Waals surface area (Å²) >= 11 is 3.31. The lowest BCUT2D eigenvalue weighted by Gasteiger charge is -2.07. The number of hydrogen-bond acceptors (Lipinski definition) is 2. The molecule has 0 fully saturated rings. The number of ether oxygens (including phenoxy) is 1. The number of nitrogens with two attached hydrogens (primary N) is 1. The zero-order chi connectivity index (χ0) is 13.0. The SMILES string of the molecule is Nc1ccc(COCc2ccc(F)cc2Br)cc1. The molecule has 0 saturated heterocycles. The van der Waals surface area contributed by atoms with E-state index in [0.29, 0.717) is 13.2 Å². The van der Waals surface area contributed by atoms with Crippen LogP contribution in [-0.4, -0.2) is 0 Å². The third kappa shape index (κ3) is 3.55. The molecule has 0 saturated carbocycles. The van der Waals surface area contributed by atoms with Crippen molar-refractivity contribution in [2.24, 2.45) is 0 Å². The summed E-state index contributed by atoms with van der Waals surface area (Å²) in [6.45, 7) is 0.940. The molecule has 4 heteroatoms. The maximum absolute atomic E-state index is 12.9. The summed E-state index contributed by atoms with van der Waals surface area (Å²) in [5, 5.41) is 0. The average molecular weight is 310 g/mol. The van der Waals surface area contributed by atoms with E-state index in [2.05, 4.69) is 15.9 Å². The first kappa shape index (κ1) is 13.1. The number of hydrogen-bond donors (Lipinski definition) is 1. The zero-order valence-corrected chi connectivity index (χ0v) is 11.3. The van der Waals surface area contributed by atoms with E-state index in [1.54, 1.807) is 6.07 Å². The van der Waals surface area contributed by atoms with E-state index >= 15 is 0 Å². The van der Waals surface area contributed by atoms with Gasteiger partial charge in [0.15, 0.2) is 0 Å². The summed E-state index contributed by atoms with van der Waals surface area (Å²) in [4.78, 5) is 0. The van der Waals surface area contributed by atoms with Crippen molar-refractivity contribution >= 4 is 21.6 Å². The Kier molecular flexibility index (Phi) is 4.33. The zero-order valence-electron chi connectivity index (χ0n) is 9.70. The molecule has 0 aliphatic carbocycles. The van der Waals surface area contributed by atoms with Crippen molar-refractivity contribution in [2.45, 2.75) is 13.2 Å². The minimum absolute atomic E-state index is 0.260. The molecule has 0 atom stereocenters. The van der Waals surface area contributed by atoms with Crippen LogP contribution in [0.1, 0.15) is 11.1 Å². The number of nitrogen functional groups attached to an aromatic ring is 1. The second-order valence-corrected chi connectivity index (χ2v) is 4.82. The lowest BCUT2D eigenvalue weighted by Crippen LogP contribution is -1.96. The van der Waals surface area contributed by atoms with Gasteiger partial charge in [0.1, 0.15) is 5.82 Å². The van der Waals surface area contributed by atoms with E-state index < -0.39 is 0 Å². The first-order valence-corrected chi connectivity index (χ1v) is 6.30. The monoisotopic (exact) mass is 309 g/mol. The molecule has 94 valence electrons. The van der Waals surface area contributed by atoms with E-state index in [0.717, 1.165) is 21.3 Å². The average Bonchev–Trinajstić information content (AvgIpc) is 2.34. The van der Waals surface area contributed by atoms with Crippen LogP contribution >= 0.6 is 15.9 Å². The van der Waals surface area contributed by atoms with Gasteiger partial charge in [-0.25, -0.2) is 4.39 Å². The van der Waals surface area contributed by atoms with Crippen LogP contribution in [0.5, 0.6) is 0 Å². The van der Waals surface area contributed by atoms with Gasteiger partial charge in [0.2, 0.25) is 0 Å². The highest BCUT2D eigenvalue weighted by Crippen LogP contribution is 2.19. The fraction of sp³-hybridized carbons (Fsp3) is 0.143. The highest BCUT2D eigenvalue weighted by Gasteiger charge is 2.02. The Morgan fingerprint density at radius 1 is 1.06 bits per heavy atom. The highest BCUT2D eigenvalue weighted by atomic mass is 79.9. The van der Waals surface area contributed by atoms with Gasteiger partial charge in [0.25, 0.3) is 0 Å². The van der Waals surface area contributed by atoms with Gasteiger partial charge in [-0.05, 0) is 35.4 Å². The van der Waals surface area contributed by atoms with Crippen LogP contribution in [0.4, 0.5) is 10.1 Å². The third-order valence-corrected chi connectivity index (χ3v) is 3.26. The second-order valence-electron chi connectivity index (χ2n) is 3.97. The first-order valence-electron chi connectivity index (χ1n) is 5.51. The Morgan fingerprint density at radius 2 is 1.78 bits per heavy atom. The normalized spacial score (nSPS) is 10.6. The molecule has 2 aromatic carbocycles. The molecule has 18 heavy (non-hydrogen) atoms. The standard InChI is InChI=1S/C14H13BrFNO/c15-14-7-12(16)4-3-11(14)9-18-8-10-1-5-13(17)6-2-10/h1-7H,8-9,17H2. The van der Waals surface area contributed by atoms with Crippen molar-refractivity contribution in [3.05, 3.63) is 63.9 Å². The van der Waals surface area contributed by atoms with E-state index in [1.807, 2.05) is 24.3 Å². The molecule has 0 spiro atoms. The van der Waals surface area contributed by atoms with Crippen molar-refractivity contribution in [2.75, 3.05) is 5.73 Å². The van der Waals surface area contributed by atoms with Crippen LogP contribution in [-0.2, 0) is 18.0 Å². The van der Waals surface area contributed by atoms with Gasteiger partial charge < -0.3 is 10.5 Å². The lowest BCUT2D eigenvalue weighted by molar-refractivity contribution is 0.106. The maximum atomic E-state index is 12.9.